The first-order chi connectivity index (χ1) is 12.1. The summed E-state index contributed by atoms with van der Waals surface area (Å²) in [6.07, 6.45) is 6.35. The third kappa shape index (κ3) is 4.44. The number of carbonyl (C=O) groups is 2. The Morgan fingerprint density at radius 1 is 0.960 bits per heavy atom. The molecule has 3 heteroatoms. The van der Waals surface area contributed by atoms with E-state index >= 15 is 0 Å². The number of carboxylic acids is 1. The summed E-state index contributed by atoms with van der Waals surface area (Å²) in [5.41, 5.74) is 3.19. The third-order valence-electron chi connectivity index (χ3n) is 4.89. The van der Waals surface area contributed by atoms with Gasteiger partial charge in [-0.1, -0.05) is 60.7 Å². The highest BCUT2D eigenvalue weighted by Crippen LogP contribution is 2.27. The average molecular weight is 334 g/mol. The Morgan fingerprint density at radius 3 is 2.24 bits per heavy atom. The molecule has 0 aliphatic heterocycles. The molecule has 0 saturated carbocycles. The predicted molar refractivity (Wildman–Crippen MR) is 97.7 cm³/mol. The summed E-state index contributed by atoms with van der Waals surface area (Å²) < 4.78 is 0. The van der Waals surface area contributed by atoms with Crippen molar-refractivity contribution in [2.75, 3.05) is 0 Å². The van der Waals surface area contributed by atoms with Gasteiger partial charge in [0, 0.05) is 16.7 Å². The number of hydrogen-bond acceptors (Lipinski definition) is 2. The number of allylic oxidation sites excluding steroid dienone is 1. The van der Waals surface area contributed by atoms with E-state index in [9.17, 15) is 9.59 Å². The van der Waals surface area contributed by atoms with Gasteiger partial charge in [-0.3, -0.25) is 4.79 Å². The summed E-state index contributed by atoms with van der Waals surface area (Å²) in [4.78, 5) is 23.3. The van der Waals surface area contributed by atoms with Crippen LogP contribution in [0.25, 0.3) is 0 Å². The third-order valence-corrected chi connectivity index (χ3v) is 4.89. The highest BCUT2D eigenvalue weighted by Gasteiger charge is 2.18. The molecular weight excluding hydrogens is 312 g/mol. The van der Waals surface area contributed by atoms with E-state index in [1.807, 2.05) is 60.7 Å². The normalized spacial score (nSPS) is 17.0. The van der Waals surface area contributed by atoms with Crippen LogP contribution in [0.2, 0.25) is 0 Å². The molecule has 0 saturated heterocycles. The van der Waals surface area contributed by atoms with Gasteiger partial charge in [-0.25, -0.2) is 4.79 Å². The standard InChI is InChI=1S/C22H22O3/c23-21(18-4-2-1-3-5-18)19-12-8-16(9-13-19)6-7-17-10-14-20(15-11-17)22(24)25/h1-5,8-9,12-14,17H,6-7,10-11,15H2,(H,24,25). The summed E-state index contributed by atoms with van der Waals surface area (Å²) in [6.45, 7) is 0. The topological polar surface area (TPSA) is 54.4 Å². The molecule has 1 aliphatic rings. The first kappa shape index (κ1) is 17.2. The molecule has 0 amide bonds. The number of carboxylic acid groups (broad SMARTS) is 1. The Hall–Kier alpha value is -2.68. The van der Waals surface area contributed by atoms with Crippen molar-refractivity contribution in [1.29, 1.82) is 0 Å². The van der Waals surface area contributed by atoms with Crippen LogP contribution >= 0.6 is 0 Å². The van der Waals surface area contributed by atoms with Crippen LogP contribution in [-0.4, -0.2) is 16.9 Å². The fraction of sp³-hybridized carbons (Fsp3) is 0.273. The largest absolute Gasteiger partial charge is 0.478 e. The van der Waals surface area contributed by atoms with Crippen LogP contribution in [0.4, 0.5) is 0 Å². The molecule has 0 radical (unpaired) electrons. The van der Waals surface area contributed by atoms with E-state index in [1.165, 1.54) is 5.56 Å². The zero-order valence-corrected chi connectivity index (χ0v) is 14.2. The molecule has 3 rings (SSSR count). The Kier molecular flexibility index (Phi) is 5.44. The second-order valence-corrected chi connectivity index (χ2v) is 6.61. The van der Waals surface area contributed by atoms with Gasteiger partial charge in [-0.15, -0.1) is 0 Å². The SMILES string of the molecule is O=C(O)C1=CCC(CCc2ccc(C(=O)c3ccccc3)cc2)CC1. The average Bonchev–Trinajstić information content (AvgIpc) is 2.67. The van der Waals surface area contributed by atoms with Gasteiger partial charge in [0.15, 0.2) is 5.78 Å². The van der Waals surface area contributed by atoms with Crippen LogP contribution in [-0.2, 0) is 11.2 Å². The fourth-order valence-electron chi connectivity index (χ4n) is 3.29. The van der Waals surface area contributed by atoms with Crippen molar-refractivity contribution >= 4 is 11.8 Å². The van der Waals surface area contributed by atoms with E-state index < -0.39 is 5.97 Å². The van der Waals surface area contributed by atoms with Gasteiger partial charge in [-0.2, -0.15) is 0 Å². The molecule has 1 atom stereocenters. The molecule has 25 heavy (non-hydrogen) atoms. The summed E-state index contributed by atoms with van der Waals surface area (Å²) in [5, 5.41) is 8.99. The Balaban J connectivity index is 1.55. The lowest BCUT2D eigenvalue weighted by Gasteiger charge is -2.20. The van der Waals surface area contributed by atoms with E-state index in [0.717, 1.165) is 25.7 Å². The van der Waals surface area contributed by atoms with Crippen molar-refractivity contribution in [2.45, 2.75) is 32.1 Å². The molecular formula is C22H22O3. The zero-order chi connectivity index (χ0) is 17.6. The van der Waals surface area contributed by atoms with Crippen molar-refractivity contribution in [3.05, 3.63) is 82.9 Å². The molecule has 2 aromatic rings. The maximum atomic E-state index is 12.4. The summed E-state index contributed by atoms with van der Waals surface area (Å²) in [5.74, 6) is -0.184. The quantitative estimate of drug-likeness (QED) is 0.782. The van der Waals surface area contributed by atoms with Crippen LogP contribution in [0.5, 0.6) is 0 Å². The first-order valence-electron chi connectivity index (χ1n) is 8.74. The maximum absolute atomic E-state index is 12.4. The van der Waals surface area contributed by atoms with Crippen molar-refractivity contribution in [2.24, 2.45) is 5.92 Å². The van der Waals surface area contributed by atoms with E-state index in [1.54, 1.807) is 0 Å². The lowest BCUT2D eigenvalue weighted by atomic mass is 9.85. The predicted octanol–water partition coefficient (Wildman–Crippen LogP) is 4.66. The second kappa shape index (κ2) is 7.93. The van der Waals surface area contributed by atoms with Gasteiger partial charge in [0.25, 0.3) is 0 Å². The monoisotopic (exact) mass is 334 g/mol. The van der Waals surface area contributed by atoms with E-state index in [4.69, 9.17) is 5.11 Å². The molecule has 3 nitrogen and oxygen atoms in total. The van der Waals surface area contributed by atoms with E-state index in [2.05, 4.69) is 0 Å². The molecule has 0 aromatic heterocycles. The smallest absolute Gasteiger partial charge is 0.331 e. The molecule has 2 aromatic carbocycles. The number of rotatable bonds is 6. The van der Waals surface area contributed by atoms with Gasteiger partial charge in [0.2, 0.25) is 0 Å². The molecule has 128 valence electrons. The minimum Gasteiger partial charge on any atom is -0.478 e. The molecule has 1 N–H and O–H groups in total. The van der Waals surface area contributed by atoms with Crippen LogP contribution < -0.4 is 0 Å². The van der Waals surface area contributed by atoms with Crippen molar-refractivity contribution < 1.29 is 14.7 Å². The lowest BCUT2D eigenvalue weighted by molar-refractivity contribution is -0.132. The van der Waals surface area contributed by atoms with E-state index in [0.29, 0.717) is 29.0 Å². The molecule has 0 heterocycles. The molecule has 0 bridgehead atoms. The summed E-state index contributed by atoms with van der Waals surface area (Å²) in [7, 11) is 0. The van der Waals surface area contributed by atoms with Gasteiger partial charge >= 0.3 is 5.97 Å². The van der Waals surface area contributed by atoms with Crippen molar-refractivity contribution in [3.63, 3.8) is 0 Å². The highest BCUT2D eigenvalue weighted by molar-refractivity contribution is 6.08. The van der Waals surface area contributed by atoms with E-state index in [-0.39, 0.29) is 5.78 Å². The van der Waals surface area contributed by atoms with Crippen molar-refractivity contribution in [1.82, 2.24) is 0 Å². The number of ketones is 1. The van der Waals surface area contributed by atoms with Crippen molar-refractivity contribution in [3.8, 4) is 0 Å². The van der Waals surface area contributed by atoms with Crippen LogP contribution in [0.1, 0.15) is 47.2 Å². The van der Waals surface area contributed by atoms with Gasteiger partial charge in [0.05, 0.1) is 0 Å². The highest BCUT2D eigenvalue weighted by atomic mass is 16.4. The maximum Gasteiger partial charge on any atom is 0.331 e. The van der Waals surface area contributed by atoms with Gasteiger partial charge < -0.3 is 5.11 Å². The Morgan fingerprint density at radius 2 is 1.64 bits per heavy atom. The minimum atomic E-state index is -0.780. The summed E-state index contributed by atoms with van der Waals surface area (Å²) >= 11 is 0. The fourth-order valence-corrected chi connectivity index (χ4v) is 3.29. The molecule has 0 spiro atoms. The number of aliphatic carboxylic acids is 1. The Bertz CT molecular complexity index is 773. The lowest BCUT2D eigenvalue weighted by Crippen LogP contribution is -2.11. The molecule has 1 aliphatic carbocycles. The van der Waals surface area contributed by atoms with Crippen LogP contribution in [0.15, 0.2) is 66.2 Å². The Labute approximate surface area is 148 Å². The number of benzene rings is 2. The number of hydrogen-bond donors (Lipinski definition) is 1. The second-order valence-electron chi connectivity index (χ2n) is 6.61. The number of aryl methyl sites for hydroxylation is 1. The van der Waals surface area contributed by atoms with Crippen LogP contribution in [0, 0.1) is 5.92 Å². The van der Waals surface area contributed by atoms with Crippen LogP contribution in [0.3, 0.4) is 0 Å². The zero-order valence-electron chi connectivity index (χ0n) is 14.2. The molecule has 0 fully saturated rings. The minimum absolute atomic E-state index is 0.0470. The van der Waals surface area contributed by atoms with Gasteiger partial charge in [-0.05, 0) is 43.6 Å². The molecule has 1 unspecified atom stereocenters. The number of carbonyl (C=O) groups excluding carboxylic acids is 1. The first-order valence-corrected chi connectivity index (χ1v) is 8.74. The summed E-state index contributed by atoms with van der Waals surface area (Å²) in [6, 6.07) is 17.2. The van der Waals surface area contributed by atoms with Gasteiger partial charge in [0.1, 0.15) is 0 Å².